The number of ether oxygens (including phenoxy) is 1. The minimum absolute atomic E-state index is 0. The first kappa shape index (κ1) is 49.0. The number of aliphatic hydroxyl groups is 2. The maximum atomic E-state index is 10.3. The van der Waals surface area contributed by atoms with Crippen molar-refractivity contribution in [3.8, 4) is 67.8 Å². The van der Waals surface area contributed by atoms with Gasteiger partial charge in [-0.25, -0.2) is 19.9 Å². The van der Waals surface area contributed by atoms with Crippen molar-refractivity contribution >= 4 is 24.7 Å². The third kappa shape index (κ3) is 12.7. The van der Waals surface area contributed by atoms with Gasteiger partial charge >= 0.3 is 52.5 Å². The number of nitrogen functional groups attached to an aromatic ring is 1. The van der Waals surface area contributed by atoms with Crippen LogP contribution in [0, 0.1) is 0 Å². The van der Waals surface area contributed by atoms with E-state index in [9.17, 15) is 35.4 Å². The normalized spacial score (nSPS) is 16.5. The number of nitrogens with zero attached hydrogens (tertiary/aromatic N) is 9. The van der Waals surface area contributed by atoms with Crippen LogP contribution in [0.2, 0.25) is 0 Å². The van der Waals surface area contributed by atoms with Crippen molar-refractivity contribution in [1.82, 2.24) is 44.4 Å². The number of hydrogen-bond acceptors (Lipinski definition) is 12. The van der Waals surface area contributed by atoms with Crippen LogP contribution in [0.3, 0.4) is 0 Å². The molecule has 0 radical (unpaired) electrons. The zero-order valence-corrected chi connectivity index (χ0v) is 37.8. The first-order valence-electron chi connectivity index (χ1n) is 20.3. The molecule has 10 rings (SSSR count). The van der Waals surface area contributed by atoms with Gasteiger partial charge < -0.3 is 25.3 Å². The largest absolute Gasteiger partial charge is 2.00 e. The smallest absolute Gasteiger partial charge is 0.394 e. The Labute approximate surface area is 396 Å². The van der Waals surface area contributed by atoms with Gasteiger partial charge in [-0.1, -0.05) is 54.6 Å². The number of anilines is 1. The molecule has 0 unspecified atom stereocenters. The van der Waals surface area contributed by atoms with Crippen LogP contribution in [0.25, 0.3) is 78.8 Å². The molecule has 9 heterocycles. The summed E-state index contributed by atoms with van der Waals surface area (Å²) in [5.41, 5.74) is 17.2. The average molecular weight is 1040 g/mol. The van der Waals surface area contributed by atoms with Crippen molar-refractivity contribution in [2.45, 2.75) is 24.9 Å². The van der Waals surface area contributed by atoms with Gasteiger partial charge in [0.25, 0.3) is 0 Å². The van der Waals surface area contributed by atoms with E-state index in [1.807, 2.05) is 126 Å². The predicted octanol–water partition coefficient (Wildman–Crippen LogP) is 11.1. The second-order valence-electron chi connectivity index (χ2n) is 15.0. The SMILES string of the molecule is F[P-](F)(F)(F)(F)F.Nc1ncnc2c1c(-c1ccc(-c3cc(-c4ccccn4)nc(-c4ccccn4)c3)cc1)cn2[C@H]1C[C@H](O)[C@@H](CO)O1.[Ru+2].c1ccc(-c2cccc(-c3ccccn3)n2)nc1. The van der Waals surface area contributed by atoms with E-state index in [1.54, 1.807) is 24.8 Å². The molecule has 1 aromatic carbocycles. The summed E-state index contributed by atoms with van der Waals surface area (Å²) in [5, 5.41) is 20.6. The number of nitrogens with two attached hydrogens (primary N) is 1. The Bertz CT molecular complexity index is 2990. The molecule has 0 bridgehead atoms. The molecule has 8 aromatic heterocycles. The summed E-state index contributed by atoms with van der Waals surface area (Å²) in [6, 6.07) is 41.2. The van der Waals surface area contributed by atoms with Gasteiger partial charge in [0, 0.05) is 43.0 Å². The molecule has 21 heteroatoms. The Kier molecular flexibility index (Phi) is 14.2. The van der Waals surface area contributed by atoms with E-state index >= 15 is 0 Å². The van der Waals surface area contributed by atoms with Gasteiger partial charge in [0.05, 0.1) is 63.6 Å². The summed E-state index contributed by atoms with van der Waals surface area (Å²) in [4.78, 5) is 35.8. The summed E-state index contributed by atoms with van der Waals surface area (Å²) < 4.78 is 67.0. The van der Waals surface area contributed by atoms with Gasteiger partial charge in [-0.05, 0) is 89.5 Å². The summed E-state index contributed by atoms with van der Waals surface area (Å²) in [7, 11) is -10.7. The summed E-state index contributed by atoms with van der Waals surface area (Å²) >= 11 is 0. The number of hydrogen-bond donors (Lipinski definition) is 3. The first-order valence-corrected chi connectivity index (χ1v) is 22.4. The van der Waals surface area contributed by atoms with Crippen molar-refractivity contribution in [3.05, 3.63) is 165 Å². The van der Waals surface area contributed by atoms with E-state index in [0.29, 0.717) is 23.3 Å². The minimum Gasteiger partial charge on any atom is -0.394 e. The van der Waals surface area contributed by atoms with E-state index in [4.69, 9.17) is 15.5 Å². The Balaban J connectivity index is 0.000000217. The molecule has 9 aromatic rings. The Hall–Kier alpha value is -6.95. The Morgan fingerprint density at radius 1 is 0.574 bits per heavy atom. The van der Waals surface area contributed by atoms with Crippen molar-refractivity contribution in [1.29, 1.82) is 0 Å². The fraction of sp³-hybridized carbons (Fsp3) is 0.106. The van der Waals surface area contributed by atoms with Gasteiger partial charge in [0.2, 0.25) is 0 Å². The number of aromatic nitrogens is 9. The maximum Gasteiger partial charge on any atom is 2.00 e. The van der Waals surface area contributed by atoms with Crippen LogP contribution in [0.1, 0.15) is 12.6 Å². The van der Waals surface area contributed by atoms with Crippen LogP contribution in [0.4, 0.5) is 31.0 Å². The standard InChI is InChI=1S/C32H27N7O3.C15H11N3.F6P.Ru/c33-31-30-22(16-39(32(30)37-18-36-31)29-15-27(41)28(17-40)42-29)20-9-7-19(8-10-20)21-13-25(23-5-1-3-11-34-23)38-26(14-21)24-6-2-4-12-35-24;1-3-10-16-12(6-1)14-8-5-9-15(18-14)13-7-2-4-11-17-13;1-7(2,3,4,5)6;/h1-14,16,18,27-29,40-41H,15,17H2,(H2,33,36,37);1-11H;;/q;;-1;+2/t27-,28+,29+;;;/m0.../s1. The fourth-order valence-electron chi connectivity index (χ4n) is 7.18. The van der Waals surface area contributed by atoms with Crippen molar-refractivity contribution < 1.29 is 59.6 Å². The van der Waals surface area contributed by atoms with Gasteiger partial charge in [0.15, 0.2) is 0 Å². The molecule has 1 saturated heterocycles. The van der Waals surface area contributed by atoms with Gasteiger partial charge in [0.1, 0.15) is 30.1 Å². The van der Waals surface area contributed by atoms with E-state index in [-0.39, 0.29) is 26.1 Å². The molecule has 348 valence electrons. The molecule has 0 saturated carbocycles. The summed E-state index contributed by atoms with van der Waals surface area (Å²) in [5.74, 6) is 0.351. The van der Waals surface area contributed by atoms with Crippen LogP contribution in [-0.2, 0) is 24.2 Å². The van der Waals surface area contributed by atoms with Gasteiger partial charge in [-0.3, -0.25) is 19.9 Å². The van der Waals surface area contributed by atoms with E-state index in [0.717, 1.165) is 67.8 Å². The second kappa shape index (κ2) is 19.7. The van der Waals surface area contributed by atoms with Gasteiger partial charge in [-0.2, -0.15) is 0 Å². The average Bonchev–Trinajstić information content (AvgIpc) is 3.93. The third-order valence-corrected chi connectivity index (χ3v) is 10.1. The van der Waals surface area contributed by atoms with E-state index < -0.39 is 26.2 Å². The topological polar surface area (TPSA) is 184 Å². The van der Waals surface area contributed by atoms with Crippen molar-refractivity contribution in [2.75, 3.05) is 12.3 Å². The molecular weight excluding hydrogens is 999 g/mol. The molecule has 0 aliphatic carbocycles. The minimum atomic E-state index is -10.7. The second-order valence-corrected chi connectivity index (χ2v) is 16.9. The third-order valence-electron chi connectivity index (χ3n) is 10.1. The first-order chi connectivity index (χ1) is 32.0. The monoisotopic (exact) mass is 1040 g/mol. The number of aliphatic hydroxyl groups excluding tert-OH is 2. The molecule has 0 spiro atoms. The molecular formula is C47H38F6N10O3PRu+. The number of rotatable bonds is 8. The van der Waals surface area contributed by atoms with Gasteiger partial charge in [-0.15, -0.1) is 0 Å². The van der Waals surface area contributed by atoms with Crippen LogP contribution in [0.5, 0.6) is 0 Å². The molecule has 1 aliphatic rings. The van der Waals surface area contributed by atoms with Crippen LogP contribution in [-0.4, -0.2) is 73.5 Å². The van der Waals surface area contributed by atoms with Crippen molar-refractivity contribution in [3.63, 3.8) is 0 Å². The van der Waals surface area contributed by atoms with E-state index in [2.05, 4.69) is 47.0 Å². The molecule has 0 amide bonds. The maximum absolute atomic E-state index is 10.7. The number of benzene rings is 1. The molecule has 1 fully saturated rings. The molecule has 3 atom stereocenters. The summed E-state index contributed by atoms with van der Waals surface area (Å²) in [6.45, 7) is -0.262. The number of halogens is 6. The Morgan fingerprint density at radius 2 is 1.01 bits per heavy atom. The van der Waals surface area contributed by atoms with Crippen LogP contribution >= 0.6 is 7.81 Å². The fourth-order valence-corrected chi connectivity index (χ4v) is 7.18. The van der Waals surface area contributed by atoms with Crippen LogP contribution in [0.15, 0.2) is 165 Å². The predicted molar refractivity (Wildman–Crippen MR) is 243 cm³/mol. The molecule has 13 nitrogen and oxygen atoms in total. The zero-order chi connectivity index (χ0) is 47.2. The summed E-state index contributed by atoms with van der Waals surface area (Å²) in [6.07, 6.45) is 8.80. The zero-order valence-electron chi connectivity index (χ0n) is 35.2. The molecule has 4 N–H and O–H groups in total. The number of fused-ring (bicyclic) bond motifs is 1. The van der Waals surface area contributed by atoms with Crippen molar-refractivity contribution in [2.24, 2.45) is 0 Å². The number of pyridine rings is 6. The van der Waals surface area contributed by atoms with Crippen LogP contribution < -0.4 is 5.73 Å². The quantitative estimate of drug-likeness (QED) is 0.0745. The Morgan fingerprint density at radius 3 is 1.46 bits per heavy atom. The van der Waals surface area contributed by atoms with E-state index in [1.165, 1.54) is 6.33 Å². The molecule has 1 aliphatic heterocycles. The molecule has 68 heavy (non-hydrogen) atoms.